The van der Waals surface area contributed by atoms with E-state index < -0.39 is 0 Å². The molecule has 0 bridgehead atoms. The van der Waals surface area contributed by atoms with Crippen LogP contribution in [0.1, 0.15) is 5.56 Å². The highest BCUT2D eigenvalue weighted by Gasteiger charge is 2.15. The molecule has 5 rings (SSSR count). The Morgan fingerprint density at radius 3 is 2.21 bits per heavy atom. The Labute approximate surface area is 163 Å². The molecule has 5 aromatic rings. The average molecular weight is 362 g/mol. The molecule has 0 spiro atoms. The van der Waals surface area contributed by atoms with Crippen molar-refractivity contribution < 1.29 is 4.42 Å². The van der Waals surface area contributed by atoms with Crippen LogP contribution in [0.4, 0.5) is 0 Å². The lowest BCUT2D eigenvalue weighted by Crippen LogP contribution is -1.90. The largest absolute Gasteiger partial charge is 0.436 e. The summed E-state index contributed by atoms with van der Waals surface area (Å²) >= 11 is 0. The summed E-state index contributed by atoms with van der Waals surface area (Å²) in [5.74, 6) is 1.36. The minimum atomic E-state index is 0.606. The van der Waals surface area contributed by atoms with E-state index in [-0.39, 0.29) is 0 Å². The van der Waals surface area contributed by atoms with Crippen molar-refractivity contribution in [3.63, 3.8) is 0 Å². The topological polar surface area (TPSA) is 38.9 Å². The van der Waals surface area contributed by atoms with Crippen LogP contribution in [0.15, 0.2) is 95.5 Å². The fraction of sp³-hybridized carbons (Fsp3) is 0.0400. The molecule has 0 atom stereocenters. The van der Waals surface area contributed by atoms with Crippen molar-refractivity contribution in [3.8, 4) is 34.0 Å². The number of aromatic nitrogens is 2. The van der Waals surface area contributed by atoms with Gasteiger partial charge in [0.25, 0.3) is 0 Å². The highest BCUT2D eigenvalue weighted by molar-refractivity contribution is 5.95. The molecular weight excluding hydrogens is 344 g/mol. The van der Waals surface area contributed by atoms with Crippen LogP contribution in [0.5, 0.6) is 0 Å². The molecule has 0 aliphatic heterocycles. The first-order valence-electron chi connectivity index (χ1n) is 9.26. The van der Waals surface area contributed by atoms with Crippen molar-refractivity contribution in [2.45, 2.75) is 6.92 Å². The molecule has 0 aliphatic carbocycles. The zero-order valence-corrected chi connectivity index (χ0v) is 15.5. The summed E-state index contributed by atoms with van der Waals surface area (Å²) < 4.78 is 6.16. The molecular formula is C25H18N2O. The maximum atomic E-state index is 6.16. The van der Waals surface area contributed by atoms with Crippen LogP contribution in [0.2, 0.25) is 0 Å². The van der Waals surface area contributed by atoms with E-state index >= 15 is 0 Å². The Morgan fingerprint density at radius 1 is 0.750 bits per heavy atom. The highest BCUT2D eigenvalue weighted by atomic mass is 16.4. The third-order valence-electron chi connectivity index (χ3n) is 4.83. The van der Waals surface area contributed by atoms with Crippen molar-refractivity contribution in [3.05, 3.63) is 96.7 Å². The van der Waals surface area contributed by atoms with E-state index in [0.717, 1.165) is 39.0 Å². The Morgan fingerprint density at radius 2 is 1.46 bits per heavy atom. The molecule has 0 amide bonds. The number of hydrogen-bond acceptors (Lipinski definition) is 3. The number of aryl methyl sites for hydroxylation is 1. The van der Waals surface area contributed by atoms with Gasteiger partial charge in [-0.05, 0) is 25.1 Å². The molecule has 0 saturated carbocycles. The van der Waals surface area contributed by atoms with Crippen molar-refractivity contribution in [2.75, 3.05) is 0 Å². The molecule has 2 aromatic heterocycles. The van der Waals surface area contributed by atoms with E-state index in [2.05, 4.69) is 48.3 Å². The molecule has 2 heterocycles. The third-order valence-corrected chi connectivity index (χ3v) is 4.83. The van der Waals surface area contributed by atoms with Gasteiger partial charge >= 0.3 is 0 Å². The van der Waals surface area contributed by atoms with Gasteiger partial charge in [-0.15, -0.1) is 0 Å². The molecule has 0 fully saturated rings. The molecule has 3 aromatic carbocycles. The van der Waals surface area contributed by atoms with Crippen molar-refractivity contribution >= 4 is 10.9 Å². The van der Waals surface area contributed by atoms with E-state index in [1.165, 1.54) is 5.56 Å². The predicted octanol–water partition coefficient (Wildman–Crippen LogP) is 6.53. The first-order chi connectivity index (χ1) is 13.8. The predicted molar refractivity (Wildman–Crippen MR) is 113 cm³/mol. The number of oxazole rings is 1. The molecule has 0 saturated heterocycles. The second kappa shape index (κ2) is 6.78. The van der Waals surface area contributed by atoms with Crippen LogP contribution in [-0.4, -0.2) is 9.97 Å². The van der Waals surface area contributed by atoms with E-state index in [1.807, 2.05) is 48.5 Å². The third kappa shape index (κ3) is 2.97. The summed E-state index contributed by atoms with van der Waals surface area (Å²) in [6, 6.07) is 28.6. The zero-order chi connectivity index (χ0) is 18.9. The second-order valence-electron chi connectivity index (χ2n) is 6.84. The number of rotatable bonds is 3. The molecule has 0 aliphatic rings. The lowest BCUT2D eigenvalue weighted by Gasteiger charge is -2.09. The fourth-order valence-electron chi connectivity index (χ4n) is 3.41. The molecule has 3 heteroatoms. The Hall–Kier alpha value is -3.72. The molecule has 3 nitrogen and oxygen atoms in total. The lowest BCUT2D eigenvalue weighted by molar-refractivity contribution is 0.589. The number of hydrogen-bond donors (Lipinski definition) is 0. The Balaban J connectivity index is 1.72. The lowest BCUT2D eigenvalue weighted by atomic mass is 10.0. The number of fused-ring (bicyclic) bond motifs is 1. The maximum absolute atomic E-state index is 6.16. The van der Waals surface area contributed by atoms with Gasteiger partial charge in [-0.2, -0.15) is 0 Å². The number of nitrogens with zero attached hydrogens (tertiary/aromatic N) is 2. The van der Waals surface area contributed by atoms with E-state index in [4.69, 9.17) is 9.40 Å². The number of pyridine rings is 1. The van der Waals surface area contributed by atoms with E-state index in [9.17, 15) is 0 Å². The van der Waals surface area contributed by atoms with Crippen LogP contribution in [0.3, 0.4) is 0 Å². The normalized spacial score (nSPS) is 11.0. The van der Waals surface area contributed by atoms with Gasteiger partial charge in [0.15, 0.2) is 5.76 Å². The first kappa shape index (κ1) is 16.5. The second-order valence-corrected chi connectivity index (χ2v) is 6.84. The minimum Gasteiger partial charge on any atom is -0.436 e. The summed E-state index contributed by atoms with van der Waals surface area (Å²) in [4.78, 5) is 9.45. The van der Waals surface area contributed by atoms with Gasteiger partial charge in [-0.3, -0.25) is 0 Å². The van der Waals surface area contributed by atoms with Gasteiger partial charge in [0.05, 0.1) is 17.4 Å². The SMILES string of the molecule is Cc1ccc2nc(-c3ccccc3)cc(-c3ncc(-c4ccccc4)o3)c2c1. The van der Waals surface area contributed by atoms with Crippen molar-refractivity contribution in [1.29, 1.82) is 0 Å². The summed E-state index contributed by atoms with van der Waals surface area (Å²) in [6.07, 6.45) is 1.79. The van der Waals surface area contributed by atoms with E-state index in [0.29, 0.717) is 5.89 Å². The van der Waals surface area contributed by atoms with Crippen LogP contribution < -0.4 is 0 Å². The fourth-order valence-corrected chi connectivity index (χ4v) is 3.41. The van der Waals surface area contributed by atoms with Crippen LogP contribution in [0.25, 0.3) is 44.9 Å². The van der Waals surface area contributed by atoms with Crippen LogP contribution in [-0.2, 0) is 0 Å². The minimum absolute atomic E-state index is 0.606. The smallest absolute Gasteiger partial charge is 0.227 e. The monoisotopic (exact) mass is 362 g/mol. The molecule has 0 radical (unpaired) electrons. The van der Waals surface area contributed by atoms with Gasteiger partial charge in [0.1, 0.15) is 0 Å². The van der Waals surface area contributed by atoms with Gasteiger partial charge < -0.3 is 4.42 Å². The van der Waals surface area contributed by atoms with Gasteiger partial charge in [-0.1, -0.05) is 72.3 Å². The van der Waals surface area contributed by atoms with Crippen molar-refractivity contribution in [2.24, 2.45) is 0 Å². The van der Waals surface area contributed by atoms with Gasteiger partial charge in [0, 0.05) is 22.1 Å². The standard InChI is InChI=1S/C25H18N2O/c1-17-12-13-22-20(14-17)21(15-23(27-22)18-8-4-2-5-9-18)25-26-16-24(28-25)19-10-6-3-7-11-19/h2-16H,1H3. The first-order valence-corrected chi connectivity index (χ1v) is 9.26. The van der Waals surface area contributed by atoms with Crippen LogP contribution in [0, 0.1) is 6.92 Å². The average Bonchev–Trinajstić information content (AvgIpc) is 3.24. The quantitative estimate of drug-likeness (QED) is 0.366. The molecule has 0 unspecified atom stereocenters. The zero-order valence-electron chi connectivity index (χ0n) is 15.5. The summed E-state index contributed by atoms with van der Waals surface area (Å²) in [6.45, 7) is 2.08. The van der Waals surface area contributed by atoms with E-state index in [1.54, 1.807) is 6.20 Å². The molecule has 0 N–H and O–H groups in total. The summed E-state index contributed by atoms with van der Waals surface area (Å²) in [5.41, 5.74) is 6.06. The maximum Gasteiger partial charge on any atom is 0.227 e. The van der Waals surface area contributed by atoms with Crippen LogP contribution >= 0.6 is 0 Å². The Bertz CT molecular complexity index is 1260. The number of benzene rings is 3. The van der Waals surface area contributed by atoms with Gasteiger partial charge in [-0.25, -0.2) is 9.97 Å². The molecule has 134 valence electrons. The molecule has 28 heavy (non-hydrogen) atoms. The summed E-state index contributed by atoms with van der Waals surface area (Å²) in [5, 5.41) is 1.04. The van der Waals surface area contributed by atoms with Crippen molar-refractivity contribution in [1.82, 2.24) is 9.97 Å². The summed E-state index contributed by atoms with van der Waals surface area (Å²) in [7, 11) is 0. The highest BCUT2D eigenvalue weighted by Crippen LogP contribution is 2.34. The van der Waals surface area contributed by atoms with Gasteiger partial charge in [0.2, 0.25) is 5.89 Å². The Kier molecular flexibility index (Phi) is 3.99.